The predicted octanol–water partition coefficient (Wildman–Crippen LogP) is 1.57. The molecular weight excluding hydrogens is 212 g/mol. The van der Waals surface area contributed by atoms with Crippen LogP contribution in [0.4, 0.5) is 0 Å². The summed E-state index contributed by atoms with van der Waals surface area (Å²) in [6, 6.07) is 0.823. The average molecular weight is 223 g/mol. The molecule has 0 aromatic heterocycles. The van der Waals surface area contributed by atoms with E-state index in [2.05, 4.69) is 13.5 Å². The van der Waals surface area contributed by atoms with Crippen LogP contribution < -0.4 is 13.5 Å². The minimum atomic E-state index is -2.17. The first-order chi connectivity index (χ1) is 4.74. The van der Waals surface area contributed by atoms with Gasteiger partial charge in [0.1, 0.15) is 0 Å². The summed E-state index contributed by atoms with van der Waals surface area (Å²) in [5.41, 5.74) is 0. The molecule has 0 aromatic carbocycles. The highest BCUT2D eigenvalue weighted by Crippen LogP contribution is 2.04. The van der Waals surface area contributed by atoms with Crippen molar-refractivity contribution in [2.75, 3.05) is 0 Å². The summed E-state index contributed by atoms with van der Waals surface area (Å²) in [5, 5.41) is 0. The summed E-state index contributed by atoms with van der Waals surface area (Å²) in [6.07, 6.45) is 0.964. The van der Waals surface area contributed by atoms with E-state index in [1.165, 1.54) is 0 Å². The van der Waals surface area contributed by atoms with Crippen molar-refractivity contribution in [3.8, 4) is 0 Å². The highest BCUT2D eigenvalue weighted by atomic mass is 35.5. The molecule has 0 saturated heterocycles. The molecule has 0 aliphatic rings. The molecule has 0 fully saturated rings. The summed E-state index contributed by atoms with van der Waals surface area (Å²) in [5.74, 6) is 0. The van der Waals surface area contributed by atoms with Crippen molar-refractivity contribution in [3.63, 3.8) is 0 Å². The number of nitrogens with one attached hydrogen (secondary N) is 3. The van der Waals surface area contributed by atoms with Crippen molar-refractivity contribution in [1.29, 1.82) is 0 Å². The third-order valence-corrected chi connectivity index (χ3v) is 6.23. The summed E-state index contributed by atoms with van der Waals surface area (Å²) >= 11 is 16.3. The van der Waals surface area contributed by atoms with Crippen LogP contribution in [-0.2, 0) is 0 Å². The first-order valence-electron chi connectivity index (χ1n) is 2.88. The van der Waals surface area contributed by atoms with Gasteiger partial charge in [-0.05, 0) is 41.4 Å². The minimum Gasteiger partial charge on any atom is -0.226 e. The van der Waals surface area contributed by atoms with Gasteiger partial charge in [0.15, 0.2) is 0 Å². The highest BCUT2D eigenvalue weighted by Gasteiger charge is 2.31. The van der Waals surface area contributed by atoms with Crippen molar-refractivity contribution in [1.82, 2.24) is 13.5 Å². The molecule has 0 saturated carbocycles. The van der Waals surface area contributed by atoms with Crippen LogP contribution in [0.25, 0.3) is 0 Å². The van der Waals surface area contributed by atoms with E-state index in [0.29, 0.717) is 0 Å². The number of hydrogen-bond donors (Lipinski definition) is 3. The van der Waals surface area contributed by atoms with Gasteiger partial charge in [-0.1, -0.05) is 13.3 Å². The molecular formula is C3H10Cl3N3Si. The maximum Gasteiger partial charge on any atom is 0.323 e. The lowest BCUT2D eigenvalue weighted by molar-refractivity contribution is 0.977. The predicted molar refractivity (Wildman–Crippen MR) is 47.8 cm³/mol. The molecule has 0 atom stereocenters. The minimum absolute atomic E-state index is 0.823. The topological polar surface area (TPSA) is 36.1 Å². The maximum atomic E-state index is 5.42. The van der Waals surface area contributed by atoms with Gasteiger partial charge in [0, 0.05) is 0 Å². The molecule has 0 amide bonds. The number of rotatable bonds is 5. The fourth-order valence-corrected chi connectivity index (χ4v) is 3.85. The van der Waals surface area contributed by atoms with Crippen LogP contribution in [0.3, 0.4) is 0 Å². The van der Waals surface area contributed by atoms with E-state index in [1.54, 1.807) is 0 Å². The van der Waals surface area contributed by atoms with Crippen molar-refractivity contribution in [3.05, 3.63) is 0 Å². The van der Waals surface area contributed by atoms with Gasteiger partial charge in [0.2, 0.25) is 0 Å². The Labute approximate surface area is 77.0 Å². The largest absolute Gasteiger partial charge is 0.323 e. The Hall–Kier alpha value is 0.967. The fourth-order valence-electron chi connectivity index (χ4n) is 0.570. The van der Waals surface area contributed by atoms with Crippen LogP contribution in [0.2, 0.25) is 6.04 Å². The molecule has 0 bridgehead atoms. The second-order valence-corrected chi connectivity index (χ2v) is 6.52. The molecule has 0 aliphatic heterocycles. The SMILES string of the molecule is CCC[Si](NCl)(NCl)NCl. The van der Waals surface area contributed by atoms with Gasteiger partial charge in [0.25, 0.3) is 0 Å². The molecule has 0 aromatic rings. The van der Waals surface area contributed by atoms with E-state index < -0.39 is 8.56 Å². The first kappa shape index (κ1) is 11.0. The molecule has 7 heteroatoms. The molecule has 3 nitrogen and oxygen atoms in total. The van der Waals surface area contributed by atoms with Crippen molar-refractivity contribution >= 4 is 43.9 Å². The van der Waals surface area contributed by atoms with Crippen LogP contribution in [0.5, 0.6) is 0 Å². The summed E-state index contributed by atoms with van der Waals surface area (Å²) in [6.45, 7) is 2.03. The zero-order valence-corrected chi connectivity index (χ0v) is 8.82. The van der Waals surface area contributed by atoms with Crippen molar-refractivity contribution < 1.29 is 0 Å². The molecule has 0 radical (unpaired) electrons. The van der Waals surface area contributed by atoms with Crippen LogP contribution in [0, 0.1) is 0 Å². The molecule has 0 spiro atoms. The average Bonchev–Trinajstić information content (AvgIpc) is 2.01. The van der Waals surface area contributed by atoms with Gasteiger partial charge in [-0.15, -0.1) is 0 Å². The molecule has 10 heavy (non-hydrogen) atoms. The van der Waals surface area contributed by atoms with Gasteiger partial charge in [-0.2, -0.15) is 0 Å². The lowest BCUT2D eigenvalue weighted by atomic mass is 10.6. The Bertz CT molecular complexity index is 80.8. The maximum absolute atomic E-state index is 5.42. The van der Waals surface area contributed by atoms with Crippen LogP contribution in [0.15, 0.2) is 0 Å². The van der Waals surface area contributed by atoms with E-state index in [1.807, 2.05) is 6.92 Å². The number of hydrogen-bond acceptors (Lipinski definition) is 3. The Morgan fingerprint density at radius 1 is 1.10 bits per heavy atom. The first-order valence-corrected chi connectivity index (χ1v) is 6.22. The second kappa shape index (κ2) is 5.60. The van der Waals surface area contributed by atoms with Gasteiger partial charge in [0.05, 0.1) is 0 Å². The fraction of sp³-hybridized carbons (Fsp3) is 1.00. The zero-order chi connectivity index (χ0) is 8.04. The van der Waals surface area contributed by atoms with E-state index in [9.17, 15) is 0 Å². The molecule has 0 heterocycles. The molecule has 0 unspecified atom stereocenters. The lowest BCUT2D eigenvalue weighted by Crippen LogP contribution is -2.63. The van der Waals surface area contributed by atoms with Crippen LogP contribution in [-0.4, -0.2) is 8.56 Å². The summed E-state index contributed by atoms with van der Waals surface area (Å²) in [4.78, 5) is 0. The standard InChI is InChI=1S/C3H10Cl3N3Si/c1-2-3-10(7-4,8-5)9-6/h7-9H,2-3H2,1H3. The Balaban J connectivity index is 3.87. The summed E-state index contributed by atoms with van der Waals surface area (Å²) in [7, 11) is -2.17. The molecule has 0 aliphatic carbocycles. The lowest BCUT2D eigenvalue weighted by Gasteiger charge is -2.23. The van der Waals surface area contributed by atoms with Gasteiger partial charge < -0.3 is 0 Å². The second-order valence-electron chi connectivity index (χ2n) is 1.94. The van der Waals surface area contributed by atoms with E-state index in [-0.39, 0.29) is 0 Å². The third kappa shape index (κ3) is 2.92. The van der Waals surface area contributed by atoms with Gasteiger partial charge >= 0.3 is 8.56 Å². The van der Waals surface area contributed by atoms with Crippen molar-refractivity contribution in [2.45, 2.75) is 19.4 Å². The number of halogens is 3. The molecule has 3 N–H and O–H groups in total. The van der Waals surface area contributed by atoms with E-state index in [0.717, 1.165) is 12.5 Å². The third-order valence-electron chi connectivity index (χ3n) is 1.11. The zero-order valence-electron chi connectivity index (χ0n) is 5.55. The van der Waals surface area contributed by atoms with Crippen molar-refractivity contribution in [2.24, 2.45) is 0 Å². The smallest absolute Gasteiger partial charge is 0.226 e. The Kier molecular flexibility index (Phi) is 6.14. The van der Waals surface area contributed by atoms with Gasteiger partial charge in [-0.3, -0.25) is 0 Å². The van der Waals surface area contributed by atoms with Crippen LogP contribution in [0.1, 0.15) is 13.3 Å². The summed E-state index contributed by atoms with van der Waals surface area (Å²) < 4.78 is 7.62. The van der Waals surface area contributed by atoms with E-state index in [4.69, 9.17) is 35.3 Å². The molecule has 0 rings (SSSR count). The monoisotopic (exact) mass is 221 g/mol. The highest BCUT2D eigenvalue weighted by molar-refractivity contribution is 6.84. The quantitative estimate of drug-likeness (QED) is 0.488. The van der Waals surface area contributed by atoms with E-state index >= 15 is 0 Å². The normalized spacial score (nSPS) is 12.0. The molecule has 62 valence electrons. The van der Waals surface area contributed by atoms with Gasteiger partial charge in [-0.25, -0.2) is 13.5 Å². The van der Waals surface area contributed by atoms with Crippen LogP contribution >= 0.6 is 35.3 Å². The Morgan fingerprint density at radius 3 is 1.60 bits per heavy atom. The Morgan fingerprint density at radius 2 is 1.50 bits per heavy atom.